The summed E-state index contributed by atoms with van der Waals surface area (Å²) >= 11 is 0. The molecule has 0 saturated carbocycles. The van der Waals surface area contributed by atoms with Crippen molar-refractivity contribution in [3.05, 3.63) is 35.4 Å². The maximum Gasteiger partial charge on any atom is 0.191 e. The number of rotatable bonds is 9. The fourth-order valence-corrected chi connectivity index (χ4v) is 3.78. The Balaban J connectivity index is 1.36. The van der Waals surface area contributed by atoms with Gasteiger partial charge in [0.05, 0.1) is 26.4 Å². The maximum absolute atomic E-state index is 5.46. The average molecular weight is 404 g/mol. The van der Waals surface area contributed by atoms with Crippen LogP contribution in [0.25, 0.3) is 0 Å². The summed E-state index contributed by atoms with van der Waals surface area (Å²) in [7, 11) is 1.84. The van der Waals surface area contributed by atoms with Gasteiger partial charge >= 0.3 is 0 Å². The van der Waals surface area contributed by atoms with E-state index in [2.05, 4.69) is 49.7 Å². The number of hydrogen-bond donors (Lipinski definition) is 2. The van der Waals surface area contributed by atoms with Crippen LogP contribution in [0.3, 0.4) is 0 Å². The van der Waals surface area contributed by atoms with Crippen molar-refractivity contribution in [2.45, 2.75) is 25.9 Å². The topological polar surface area (TPSA) is 61.4 Å². The highest BCUT2D eigenvalue weighted by atomic mass is 16.5. The first-order valence-corrected chi connectivity index (χ1v) is 11.0. The zero-order valence-corrected chi connectivity index (χ0v) is 17.9. The van der Waals surface area contributed by atoms with Gasteiger partial charge in [0.15, 0.2) is 5.96 Å². The molecule has 29 heavy (non-hydrogen) atoms. The van der Waals surface area contributed by atoms with Crippen LogP contribution in [-0.2, 0) is 22.6 Å². The molecule has 0 atom stereocenters. The van der Waals surface area contributed by atoms with Crippen molar-refractivity contribution in [3.63, 3.8) is 0 Å². The van der Waals surface area contributed by atoms with Gasteiger partial charge in [0, 0.05) is 52.9 Å². The van der Waals surface area contributed by atoms with Crippen molar-refractivity contribution in [3.8, 4) is 0 Å². The van der Waals surface area contributed by atoms with E-state index in [0.29, 0.717) is 0 Å². The number of guanidine groups is 1. The molecule has 0 radical (unpaired) electrons. The number of ether oxygens (including phenoxy) is 2. The summed E-state index contributed by atoms with van der Waals surface area (Å²) in [6, 6.07) is 8.68. The van der Waals surface area contributed by atoms with Crippen molar-refractivity contribution in [1.29, 1.82) is 0 Å². The van der Waals surface area contributed by atoms with Gasteiger partial charge in [0.1, 0.15) is 0 Å². The van der Waals surface area contributed by atoms with E-state index in [1.165, 1.54) is 17.5 Å². The molecule has 0 amide bonds. The summed E-state index contributed by atoms with van der Waals surface area (Å²) < 4.78 is 10.9. The second kappa shape index (κ2) is 12.8. The van der Waals surface area contributed by atoms with Crippen LogP contribution in [0.2, 0.25) is 0 Å². The summed E-state index contributed by atoms with van der Waals surface area (Å²) in [5.41, 5.74) is 2.71. The second-order valence-electron chi connectivity index (χ2n) is 7.67. The Labute approximate surface area is 175 Å². The number of hydrogen-bond acceptors (Lipinski definition) is 5. The number of unbranched alkanes of at least 4 members (excludes halogenated alkanes) is 1. The summed E-state index contributed by atoms with van der Waals surface area (Å²) in [5.74, 6) is 0.873. The fraction of sp³-hybridized carbons (Fsp3) is 0.682. The normalized spacial score (nSPS) is 19.3. The lowest BCUT2D eigenvalue weighted by atomic mass is 10.1. The first-order valence-electron chi connectivity index (χ1n) is 11.0. The van der Waals surface area contributed by atoms with Gasteiger partial charge in [-0.25, -0.2) is 0 Å². The first kappa shape index (κ1) is 22.0. The number of aliphatic imine (C=N–C) groups is 1. The van der Waals surface area contributed by atoms with Crippen LogP contribution in [0.4, 0.5) is 0 Å². The molecule has 0 aliphatic carbocycles. The zero-order valence-electron chi connectivity index (χ0n) is 17.9. The Morgan fingerprint density at radius 1 is 0.897 bits per heavy atom. The van der Waals surface area contributed by atoms with E-state index in [1.54, 1.807) is 0 Å². The molecule has 0 aromatic heterocycles. The van der Waals surface area contributed by atoms with Crippen LogP contribution < -0.4 is 10.6 Å². The molecule has 162 valence electrons. The molecule has 0 unspecified atom stereocenters. The van der Waals surface area contributed by atoms with Gasteiger partial charge in [-0.3, -0.25) is 14.8 Å². The summed E-state index contributed by atoms with van der Waals surface area (Å²) in [4.78, 5) is 9.33. The molecule has 1 aromatic carbocycles. The van der Waals surface area contributed by atoms with Gasteiger partial charge in [-0.1, -0.05) is 24.3 Å². The molecule has 7 heteroatoms. The maximum atomic E-state index is 5.46. The van der Waals surface area contributed by atoms with Gasteiger partial charge in [-0.2, -0.15) is 0 Å². The number of benzene rings is 1. The van der Waals surface area contributed by atoms with Crippen molar-refractivity contribution in [1.82, 2.24) is 20.4 Å². The highest BCUT2D eigenvalue weighted by molar-refractivity contribution is 5.79. The molecule has 2 fully saturated rings. The van der Waals surface area contributed by atoms with Gasteiger partial charge in [-0.05, 0) is 30.5 Å². The fourth-order valence-electron chi connectivity index (χ4n) is 3.78. The van der Waals surface area contributed by atoms with Crippen LogP contribution in [0, 0.1) is 0 Å². The SMILES string of the molecule is CN=C(NCCCCN1CCOCC1)NCc1ccccc1CN1CCOCC1. The zero-order chi connectivity index (χ0) is 20.2. The van der Waals surface area contributed by atoms with E-state index in [0.717, 1.165) is 91.2 Å². The number of nitrogens with zero attached hydrogens (tertiary/aromatic N) is 3. The van der Waals surface area contributed by atoms with Crippen molar-refractivity contribution < 1.29 is 9.47 Å². The molecule has 7 nitrogen and oxygen atoms in total. The molecule has 2 heterocycles. The Morgan fingerprint density at radius 3 is 2.24 bits per heavy atom. The predicted molar refractivity (Wildman–Crippen MR) is 117 cm³/mol. The molecule has 2 aliphatic heterocycles. The smallest absolute Gasteiger partial charge is 0.191 e. The molecule has 2 saturated heterocycles. The van der Waals surface area contributed by atoms with Gasteiger partial charge in [0.2, 0.25) is 0 Å². The molecular weight excluding hydrogens is 366 g/mol. The van der Waals surface area contributed by atoms with Crippen molar-refractivity contribution in [2.24, 2.45) is 4.99 Å². The van der Waals surface area contributed by atoms with E-state index >= 15 is 0 Å². The minimum absolute atomic E-state index is 0.786. The molecule has 2 N–H and O–H groups in total. The third-order valence-corrected chi connectivity index (χ3v) is 5.58. The molecule has 1 aromatic rings. The van der Waals surface area contributed by atoms with Crippen LogP contribution >= 0.6 is 0 Å². The lowest BCUT2D eigenvalue weighted by molar-refractivity contribution is 0.0341. The second-order valence-corrected chi connectivity index (χ2v) is 7.67. The van der Waals surface area contributed by atoms with Crippen LogP contribution in [0.1, 0.15) is 24.0 Å². The highest BCUT2D eigenvalue weighted by Crippen LogP contribution is 2.13. The Hall–Kier alpha value is -1.67. The summed E-state index contributed by atoms with van der Waals surface area (Å²) in [6.07, 6.45) is 2.35. The Bertz CT molecular complexity index is 613. The molecular formula is C22H37N5O2. The van der Waals surface area contributed by atoms with E-state index in [1.807, 2.05) is 7.05 Å². The minimum Gasteiger partial charge on any atom is -0.379 e. The Morgan fingerprint density at radius 2 is 1.55 bits per heavy atom. The van der Waals surface area contributed by atoms with Crippen LogP contribution in [-0.4, -0.2) is 88.5 Å². The van der Waals surface area contributed by atoms with Crippen molar-refractivity contribution in [2.75, 3.05) is 72.7 Å². The van der Waals surface area contributed by atoms with E-state index in [4.69, 9.17) is 9.47 Å². The largest absolute Gasteiger partial charge is 0.379 e. The van der Waals surface area contributed by atoms with E-state index in [9.17, 15) is 0 Å². The lowest BCUT2D eigenvalue weighted by Gasteiger charge is -2.27. The third-order valence-electron chi connectivity index (χ3n) is 5.58. The number of nitrogens with one attached hydrogen (secondary N) is 2. The molecule has 2 aliphatic rings. The first-order chi connectivity index (χ1) is 14.3. The van der Waals surface area contributed by atoms with Gasteiger partial charge < -0.3 is 20.1 Å². The lowest BCUT2D eigenvalue weighted by Crippen LogP contribution is -2.39. The minimum atomic E-state index is 0.786. The van der Waals surface area contributed by atoms with E-state index in [-0.39, 0.29) is 0 Å². The third kappa shape index (κ3) is 7.93. The summed E-state index contributed by atoms with van der Waals surface area (Å²) in [6.45, 7) is 11.5. The number of morpholine rings is 2. The van der Waals surface area contributed by atoms with Crippen molar-refractivity contribution >= 4 is 5.96 Å². The van der Waals surface area contributed by atoms with Crippen LogP contribution in [0.5, 0.6) is 0 Å². The predicted octanol–water partition coefficient (Wildman–Crippen LogP) is 1.30. The molecule has 0 bridgehead atoms. The molecule has 0 spiro atoms. The Kier molecular flexibility index (Phi) is 9.72. The monoisotopic (exact) mass is 403 g/mol. The summed E-state index contributed by atoms with van der Waals surface area (Å²) in [5, 5.41) is 6.92. The van der Waals surface area contributed by atoms with Gasteiger partial charge in [0.25, 0.3) is 0 Å². The average Bonchev–Trinajstić information content (AvgIpc) is 2.78. The van der Waals surface area contributed by atoms with E-state index < -0.39 is 0 Å². The highest BCUT2D eigenvalue weighted by Gasteiger charge is 2.13. The standard InChI is InChI=1S/C22H37N5O2/c1-23-22(24-8-4-5-9-26-10-14-28-15-11-26)25-18-20-6-2-3-7-21(20)19-27-12-16-29-17-13-27/h2-3,6-7H,4-5,8-19H2,1H3,(H2,23,24,25). The molecule has 3 rings (SSSR count). The van der Waals surface area contributed by atoms with Gasteiger partial charge in [-0.15, -0.1) is 0 Å². The van der Waals surface area contributed by atoms with Crippen LogP contribution in [0.15, 0.2) is 29.3 Å². The quantitative estimate of drug-likeness (QED) is 0.368.